The van der Waals surface area contributed by atoms with Crippen molar-refractivity contribution in [1.82, 2.24) is 25.1 Å². The van der Waals surface area contributed by atoms with Gasteiger partial charge < -0.3 is 30.1 Å². The van der Waals surface area contributed by atoms with E-state index in [1.807, 2.05) is 36.4 Å². The number of aromatic nitrogens is 2. The Labute approximate surface area is 249 Å². The van der Waals surface area contributed by atoms with E-state index in [9.17, 15) is 15.0 Å². The molecule has 5 rings (SSSR count). The fraction of sp³-hybridized carbons (Fsp3) is 0.414. The van der Waals surface area contributed by atoms with Crippen molar-refractivity contribution in [3.8, 4) is 22.9 Å². The van der Waals surface area contributed by atoms with Crippen LogP contribution in [0.2, 0.25) is 10.0 Å². The first-order valence-corrected chi connectivity index (χ1v) is 14.4. The van der Waals surface area contributed by atoms with Gasteiger partial charge >= 0.3 is 6.09 Å². The smallest absolute Gasteiger partial charge is 0.407 e. The number of ether oxygens (including phenoxy) is 1. The van der Waals surface area contributed by atoms with Crippen LogP contribution in [-0.2, 0) is 6.54 Å². The van der Waals surface area contributed by atoms with Crippen LogP contribution in [0.1, 0.15) is 18.4 Å². The minimum absolute atomic E-state index is 0.0879. The van der Waals surface area contributed by atoms with Crippen LogP contribution in [0.15, 0.2) is 48.7 Å². The molecule has 0 atom stereocenters. The molecule has 1 aromatic carbocycles. The topological polar surface area (TPSA) is 114 Å². The number of hydrogen-bond acceptors (Lipinski definition) is 8. The molecule has 0 unspecified atom stereocenters. The maximum absolute atomic E-state index is 11.2. The van der Waals surface area contributed by atoms with Crippen LogP contribution in [0.4, 0.5) is 10.6 Å². The number of nitrogens with zero attached hydrogens (tertiary/aromatic N) is 5. The first-order valence-electron chi connectivity index (χ1n) is 13.6. The number of rotatable bonds is 8. The van der Waals surface area contributed by atoms with E-state index in [4.69, 9.17) is 32.9 Å². The monoisotopic (exact) mass is 600 g/mol. The van der Waals surface area contributed by atoms with Crippen LogP contribution in [0, 0.1) is 0 Å². The number of piperazine rings is 1. The SMILES string of the molecule is CN(CC1(O)CCN(Cc2cc(Oc3ccc(N4CCNCC4)nc3)nc(-c3cc(Cl)cc(Cl)c3)c2)CC1)C(=O)O. The van der Waals surface area contributed by atoms with Crippen molar-refractivity contribution in [2.45, 2.75) is 25.0 Å². The van der Waals surface area contributed by atoms with Crippen LogP contribution in [0.3, 0.4) is 0 Å². The van der Waals surface area contributed by atoms with Gasteiger partial charge in [0.25, 0.3) is 0 Å². The highest BCUT2D eigenvalue weighted by Crippen LogP contribution is 2.31. The molecule has 12 heteroatoms. The van der Waals surface area contributed by atoms with Crippen molar-refractivity contribution in [3.05, 3.63) is 64.3 Å². The van der Waals surface area contributed by atoms with E-state index < -0.39 is 11.7 Å². The first kappa shape index (κ1) is 29.3. The van der Waals surface area contributed by atoms with Crippen molar-refractivity contribution in [3.63, 3.8) is 0 Å². The average molecular weight is 602 g/mol. The van der Waals surface area contributed by atoms with Gasteiger partial charge in [0, 0.05) is 74.5 Å². The number of pyridine rings is 2. The molecule has 41 heavy (non-hydrogen) atoms. The van der Waals surface area contributed by atoms with E-state index in [2.05, 4.69) is 20.1 Å². The fourth-order valence-corrected chi connectivity index (χ4v) is 5.77. The van der Waals surface area contributed by atoms with Gasteiger partial charge in [0.05, 0.1) is 24.0 Å². The largest absolute Gasteiger partial charge is 0.465 e. The summed E-state index contributed by atoms with van der Waals surface area (Å²) in [4.78, 5) is 26.2. The Kier molecular flexibility index (Phi) is 9.16. The molecule has 0 radical (unpaired) electrons. The zero-order valence-electron chi connectivity index (χ0n) is 22.9. The summed E-state index contributed by atoms with van der Waals surface area (Å²) in [5.74, 6) is 1.91. The van der Waals surface area contributed by atoms with Gasteiger partial charge in [-0.05, 0) is 54.8 Å². The summed E-state index contributed by atoms with van der Waals surface area (Å²) >= 11 is 12.6. The fourth-order valence-electron chi connectivity index (χ4n) is 5.24. The van der Waals surface area contributed by atoms with Gasteiger partial charge in [-0.1, -0.05) is 23.2 Å². The van der Waals surface area contributed by atoms with E-state index in [1.165, 1.54) is 7.05 Å². The van der Waals surface area contributed by atoms with Crippen LogP contribution in [0.25, 0.3) is 11.3 Å². The van der Waals surface area contributed by atoms with Crippen molar-refractivity contribution in [1.29, 1.82) is 0 Å². The number of anilines is 1. The Morgan fingerprint density at radius 2 is 1.78 bits per heavy atom. The highest BCUT2D eigenvalue weighted by molar-refractivity contribution is 6.35. The third-order valence-corrected chi connectivity index (χ3v) is 7.89. The number of halogens is 2. The van der Waals surface area contributed by atoms with Gasteiger partial charge in [0.15, 0.2) is 0 Å². The number of piperidine rings is 1. The molecule has 4 heterocycles. The lowest BCUT2D eigenvalue weighted by Gasteiger charge is -2.39. The van der Waals surface area contributed by atoms with E-state index in [-0.39, 0.29) is 6.54 Å². The summed E-state index contributed by atoms with van der Waals surface area (Å²) in [6.07, 6.45) is 1.61. The Morgan fingerprint density at radius 3 is 2.41 bits per heavy atom. The Morgan fingerprint density at radius 1 is 1.07 bits per heavy atom. The third-order valence-electron chi connectivity index (χ3n) is 7.46. The van der Waals surface area contributed by atoms with Crippen LogP contribution in [0.5, 0.6) is 11.6 Å². The molecule has 218 valence electrons. The maximum Gasteiger partial charge on any atom is 0.407 e. The minimum Gasteiger partial charge on any atom is -0.465 e. The quantitative estimate of drug-likeness (QED) is 0.341. The van der Waals surface area contributed by atoms with Crippen molar-refractivity contribution < 1.29 is 19.7 Å². The number of likely N-dealkylation sites (tertiary alicyclic amines) is 1. The molecule has 3 N–H and O–H groups in total. The number of carbonyl (C=O) groups is 1. The zero-order valence-corrected chi connectivity index (χ0v) is 24.4. The molecule has 2 saturated heterocycles. The van der Waals surface area contributed by atoms with Gasteiger partial charge in [-0.15, -0.1) is 0 Å². The van der Waals surface area contributed by atoms with Crippen molar-refractivity contribution in [2.75, 3.05) is 57.8 Å². The second-order valence-corrected chi connectivity index (χ2v) is 11.6. The number of nitrogens with one attached hydrogen (secondary N) is 1. The number of hydrogen-bond donors (Lipinski definition) is 3. The van der Waals surface area contributed by atoms with Gasteiger partial charge in [0.1, 0.15) is 11.6 Å². The normalized spacial score (nSPS) is 17.3. The second-order valence-electron chi connectivity index (χ2n) is 10.7. The molecule has 2 aliphatic rings. The molecule has 0 saturated carbocycles. The maximum atomic E-state index is 11.2. The van der Waals surface area contributed by atoms with Crippen molar-refractivity contribution in [2.24, 2.45) is 0 Å². The summed E-state index contributed by atoms with van der Waals surface area (Å²) in [6.45, 7) is 5.62. The van der Waals surface area contributed by atoms with Gasteiger partial charge in [-0.2, -0.15) is 0 Å². The van der Waals surface area contributed by atoms with Crippen LogP contribution >= 0.6 is 23.2 Å². The zero-order chi connectivity index (χ0) is 29.0. The van der Waals surface area contributed by atoms with Crippen molar-refractivity contribution >= 4 is 35.1 Å². The van der Waals surface area contributed by atoms with Crippen LogP contribution < -0.4 is 15.0 Å². The van der Waals surface area contributed by atoms with Gasteiger partial charge in [0.2, 0.25) is 5.88 Å². The molecule has 1 amide bonds. The number of amides is 1. The lowest BCUT2D eigenvalue weighted by Crippen LogP contribution is -2.50. The molecule has 2 aromatic heterocycles. The molecule has 2 aliphatic heterocycles. The molecule has 0 bridgehead atoms. The Bertz CT molecular complexity index is 1340. The molecular formula is C29H34Cl2N6O4. The Hall–Kier alpha value is -3.15. The average Bonchev–Trinajstić information content (AvgIpc) is 2.94. The van der Waals surface area contributed by atoms with Gasteiger partial charge in [-0.25, -0.2) is 14.8 Å². The predicted molar refractivity (Wildman–Crippen MR) is 159 cm³/mol. The first-order chi connectivity index (χ1) is 19.7. The van der Waals surface area contributed by atoms with E-state index in [0.717, 1.165) is 48.0 Å². The highest BCUT2D eigenvalue weighted by Gasteiger charge is 2.34. The molecule has 2 fully saturated rings. The summed E-state index contributed by atoms with van der Waals surface area (Å²) in [7, 11) is 1.48. The number of aliphatic hydroxyl groups is 1. The van der Waals surface area contributed by atoms with Gasteiger partial charge in [-0.3, -0.25) is 4.90 Å². The molecule has 0 aliphatic carbocycles. The molecular weight excluding hydrogens is 567 g/mol. The van der Waals surface area contributed by atoms with E-state index in [0.29, 0.717) is 59.8 Å². The summed E-state index contributed by atoms with van der Waals surface area (Å²) in [6, 6.07) is 13.0. The number of carboxylic acid groups (broad SMARTS) is 1. The lowest BCUT2D eigenvalue weighted by molar-refractivity contribution is -0.0394. The number of likely N-dealkylation sites (N-methyl/N-ethyl adjacent to an activating group) is 1. The third kappa shape index (κ3) is 7.78. The summed E-state index contributed by atoms with van der Waals surface area (Å²) in [5, 5.41) is 24.5. The lowest BCUT2D eigenvalue weighted by atomic mass is 9.90. The van der Waals surface area contributed by atoms with E-state index >= 15 is 0 Å². The minimum atomic E-state index is -1.05. The predicted octanol–water partition coefficient (Wildman–Crippen LogP) is 4.59. The Balaban J connectivity index is 1.34. The van der Waals surface area contributed by atoms with E-state index in [1.54, 1.807) is 12.3 Å². The van der Waals surface area contributed by atoms with Crippen LogP contribution in [-0.4, -0.2) is 94.5 Å². The molecule has 0 spiro atoms. The highest BCUT2D eigenvalue weighted by atomic mass is 35.5. The molecule has 10 nitrogen and oxygen atoms in total. The summed E-state index contributed by atoms with van der Waals surface area (Å²) < 4.78 is 6.18. The number of benzene rings is 1. The molecule has 3 aromatic rings. The second kappa shape index (κ2) is 12.8. The standard InChI is InChI=1S/C29H34Cl2N6O4/c1-35(28(38)39)19-29(40)4-8-36(9-5-29)18-20-12-25(21-14-22(30)16-23(31)15-21)34-27(13-20)41-24-2-3-26(33-17-24)37-10-6-32-7-11-37/h2-3,12-17,32,40H,4-11,18-19H2,1H3,(H,38,39). The summed E-state index contributed by atoms with van der Waals surface area (Å²) in [5.41, 5.74) is 1.37.